The van der Waals surface area contributed by atoms with Crippen molar-refractivity contribution in [3.63, 3.8) is 0 Å². The molecule has 1 atom stereocenters. The predicted molar refractivity (Wildman–Crippen MR) is 104 cm³/mol. The van der Waals surface area contributed by atoms with Crippen LogP contribution in [0.15, 0.2) is 63.7 Å². The molecule has 3 aromatic rings. The van der Waals surface area contributed by atoms with Crippen molar-refractivity contribution in [2.75, 3.05) is 12.1 Å². The van der Waals surface area contributed by atoms with E-state index in [1.165, 1.54) is 11.3 Å². The normalized spacial score (nSPS) is 17.9. The predicted octanol–water partition coefficient (Wildman–Crippen LogP) is 3.78. The van der Waals surface area contributed by atoms with Crippen LogP contribution in [0, 0.1) is 0 Å². The molecule has 1 aromatic heterocycles. The number of amides is 1. The number of nitrogens with one attached hydrogen (secondary N) is 1. The lowest BCUT2D eigenvalue weighted by molar-refractivity contribution is -0.116. The third-order valence-corrected chi connectivity index (χ3v) is 7.94. The van der Waals surface area contributed by atoms with E-state index in [0.29, 0.717) is 17.2 Å². The molecule has 2 aliphatic rings. The summed E-state index contributed by atoms with van der Waals surface area (Å²) in [6.45, 7) is 0.174. The van der Waals surface area contributed by atoms with Gasteiger partial charge >= 0.3 is 0 Å². The lowest BCUT2D eigenvalue weighted by Crippen LogP contribution is -2.23. The molecule has 1 unspecified atom stereocenters. The Morgan fingerprint density at radius 3 is 2.64 bits per heavy atom. The smallest absolute Gasteiger partial charge is 0.231 e. The van der Waals surface area contributed by atoms with E-state index in [-0.39, 0.29) is 34.8 Å². The number of fused-ring (bicyclic) bond motifs is 2. The molecule has 5 rings (SSSR count). The number of benzene rings is 2. The molecule has 0 aliphatic carbocycles. The second kappa shape index (κ2) is 6.35. The number of hydrogen-bond acceptors (Lipinski definition) is 6. The Kier molecular flexibility index (Phi) is 3.92. The Labute approximate surface area is 165 Å². The summed E-state index contributed by atoms with van der Waals surface area (Å²) in [7, 11) is -3.72. The maximum atomic E-state index is 13.1. The zero-order chi connectivity index (χ0) is 19.3. The van der Waals surface area contributed by atoms with Gasteiger partial charge in [-0.1, -0.05) is 24.3 Å². The van der Waals surface area contributed by atoms with Crippen molar-refractivity contribution in [1.82, 2.24) is 0 Å². The molecule has 2 aliphatic heterocycles. The first kappa shape index (κ1) is 17.3. The molecular formula is C20H15NO5S2. The van der Waals surface area contributed by atoms with Crippen molar-refractivity contribution in [3.05, 3.63) is 64.4 Å². The zero-order valence-electron chi connectivity index (χ0n) is 14.5. The summed E-state index contributed by atoms with van der Waals surface area (Å²) in [5, 5.41) is 4.38. The molecule has 0 bridgehead atoms. The summed E-state index contributed by atoms with van der Waals surface area (Å²) in [5.41, 5.74) is 1.28. The fourth-order valence-electron chi connectivity index (χ4n) is 3.53. The van der Waals surface area contributed by atoms with Gasteiger partial charge in [0, 0.05) is 22.6 Å². The van der Waals surface area contributed by atoms with Crippen LogP contribution in [-0.2, 0) is 14.6 Å². The molecule has 142 valence electrons. The Balaban J connectivity index is 1.61. The van der Waals surface area contributed by atoms with Crippen molar-refractivity contribution >= 4 is 32.8 Å². The number of thiophene rings is 1. The quantitative estimate of drug-likeness (QED) is 0.707. The fourth-order valence-corrected chi connectivity index (χ4v) is 6.46. The third kappa shape index (κ3) is 2.68. The van der Waals surface area contributed by atoms with Crippen LogP contribution in [0.5, 0.6) is 11.5 Å². The fraction of sp³-hybridized carbons (Fsp3) is 0.150. The Morgan fingerprint density at radius 2 is 1.82 bits per heavy atom. The summed E-state index contributed by atoms with van der Waals surface area (Å²) in [5.74, 6) is 0.863. The lowest BCUT2D eigenvalue weighted by atomic mass is 9.90. The number of sulfone groups is 1. The van der Waals surface area contributed by atoms with Crippen molar-refractivity contribution in [1.29, 1.82) is 0 Å². The summed E-state index contributed by atoms with van der Waals surface area (Å²) < 4.78 is 37.0. The summed E-state index contributed by atoms with van der Waals surface area (Å²) >= 11 is 1.35. The molecule has 2 aromatic carbocycles. The van der Waals surface area contributed by atoms with Gasteiger partial charge in [0.25, 0.3) is 0 Å². The number of rotatable bonds is 3. The van der Waals surface area contributed by atoms with Gasteiger partial charge in [-0.15, -0.1) is 11.3 Å². The molecule has 6 nitrogen and oxygen atoms in total. The minimum Gasteiger partial charge on any atom is -0.454 e. The molecule has 28 heavy (non-hydrogen) atoms. The molecule has 0 fully saturated rings. The number of hydrogen-bond donors (Lipinski definition) is 1. The van der Waals surface area contributed by atoms with Crippen LogP contribution in [0.3, 0.4) is 0 Å². The highest BCUT2D eigenvalue weighted by atomic mass is 32.2. The monoisotopic (exact) mass is 413 g/mol. The number of ether oxygens (including phenoxy) is 2. The van der Waals surface area contributed by atoms with Crippen LogP contribution in [0.25, 0.3) is 0 Å². The number of carbonyl (C=O) groups is 1. The van der Waals surface area contributed by atoms with Crippen LogP contribution in [0.1, 0.15) is 22.8 Å². The van der Waals surface area contributed by atoms with Crippen LogP contribution < -0.4 is 14.8 Å². The first-order valence-corrected chi connectivity index (χ1v) is 11.0. The van der Waals surface area contributed by atoms with E-state index >= 15 is 0 Å². The van der Waals surface area contributed by atoms with Crippen LogP contribution in [0.2, 0.25) is 0 Å². The Hall–Kier alpha value is -2.84. The first-order valence-electron chi connectivity index (χ1n) is 8.65. The van der Waals surface area contributed by atoms with Gasteiger partial charge < -0.3 is 14.8 Å². The molecule has 3 heterocycles. The average Bonchev–Trinajstić information content (AvgIpc) is 3.34. The highest BCUT2D eigenvalue weighted by Gasteiger charge is 2.34. The molecule has 0 saturated heterocycles. The van der Waals surface area contributed by atoms with Gasteiger partial charge in [-0.3, -0.25) is 4.79 Å². The minimum atomic E-state index is -3.72. The van der Waals surface area contributed by atoms with Gasteiger partial charge in [-0.2, -0.15) is 0 Å². The van der Waals surface area contributed by atoms with Crippen molar-refractivity contribution in [2.24, 2.45) is 0 Å². The standard InChI is InChI=1S/C20H15NO5S2/c22-18-9-14(12-6-7-15-16(8-12)26-11-25-15)20-19(21-18)17(10-27-20)28(23,24)13-4-2-1-3-5-13/h1-8,10,14H,9,11H2,(H,21,22). The average molecular weight is 413 g/mol. The van der Waals surface area contributed by atoms with E-state index in [9.17, 15) is 13.2 Å². The summed E-state index contributed by atoms with van der Waals surface area (Å²) in [6.07, 6.45) is 0.248. The summed E-state index contributed by atoms with van der Waals surface area (Å²) in [6, 6.07) is 13.8. The van der Waals surface area contributed by atoms with Gasteiger partial charge in [0.05, 0.1) is 10.6 Å². The largest absolute Gasteiger partial charge is 0.454 e. The van der Waals surface area contributed by atoms with E-state index in [4.69, 9.17) is 9.47 Å². The van der Waals surface area contributed by atoms with Crippen LogP contribution >= 0.6 is 11.3 Å². The van der Waals surface area contributed by atoms with Crippen molar-refractivity contribution < 1.29 is 22.7 Å². The van der Waals surface area contributed by atoms with Gasteiger partial charge in [0.15, 0.2) is 11.5 Å². The number of anilines is 1. The van der Waals surface area contributed by atoms with Crippen molar-refractivity contribution in [2.45, 2.75) is 22.1 Å². The molecule has 1 amide bonds. The van der Waals surface area contributed by atoms with Gasteiger partial charge in [0.2, 0.25) is 22.5 Å². The van der Waals surface area contributed by atoms with E-state index in [2.05, 4.69) is 5.32 Å². The van der Waals surface area contributed by atoms with Crippen LogP contribution in [0.4, 0.5) is 5.69 Å². The van der Waals surface area contributed by atoms with E-state index in [1.807, 2.05) is 18.2 Å². The Bertz CT molecular complexity index is 1180. The highest BCUT2D eigenvalue weighted by Crippen LogP contribution is 2.47. The first-order chi connectivity index (χ1) is 13.5. The molecular weight excluding hydrogens is 398 g/mol. The van der Waals surface area contributed by atoms with E-state index in [0.717, 1.165) is 10.4 Å². The summed E-state index contributed by atoms with van der Waals surface area (Å²) in [4.78, 5) is 13.6. The zero-order valence-corrected chi connectivity index (χ0v) is 16.2. The van der Waals surface area contributed by atoms with Gasteiger partial charge in [0.1, 0.15) is 4.90 Å². The maximum absolute atomic E-state index is 13.1. The SMILES string of the molecule is O=C1CC(c2ccc3c(c2)OCO3)c2scc(S(=O)(=O)c3ccccc3)c2N1. The maximum Gasteiger partial charge on any atom is 0.231 e. The second-order valence-corrected chi connectivity index (χ2v) is 9.40. The molecule has 0 radical (unpaired) electrons. The topological polar surface area (TPSA) is 81.7 Å². The van der Waals surface area contributed by atoms with Gasteiger partial charge in [-0.25, -0.2) is 8.42 Å². The molecule has 0 spiro atoms. The Morgan fingerprint density at radius 1 is 1.04 bits per heavy atom. The molecule has 0 saturated carbocycles. The van der Waals surface area contributed by atoms with Gasteiger partial charge in [-0.05, 0) is 29.8 Å². The van der Waals surface area contributed by atoms with E-state index in [1.54, 1.807) is 35.7 Å². The lowest BCUT2D eigenvalue weighted by Gasteiger charge is -2.24. The van der Waals surface area contributed by atoms with Crippen LogP contribution in [-0.4, -0.2) is 21.1 Å². The minimum absolute atomic E-state index is 0.137. The third-order valence-electron chi connectivity index (χ3n) is 4.90. The highest BCUT2D eigenvalue weighted by molar-refractivity contribution is 7.91. The molecule has 8 heteroatoms. The van der Waals surface area contributed by atoms with Crippen molar-refractivity contribution in [3.8, 4) is 11.5 Å². The molecule has 1 N–H and O–H groups in total. The second-order valence-electron chi connectivity index (χ2n) is 6.57. The van der Waals surface area contributed by atoms with E-state index < -0.39 is 9.84 Å². The number of carbonyl (C=O) groups excluding carboxylic acids is 1.